The predicted octanol–water partition coefficient (Wildman–Crippen LogP) is 0.271. The highest BCUT2D eigenvalue weighted by atomic mass is 16.2. The van der Waals surface area contributed by atoms with Crippen molar-refractivity contribution in [3.05, 3.63) is 0 Å². The first-order valence-corrected chi connectivity index (χ1v) is 7.54. The molecule has 2 atom stereocenters. The van der Waals surface area contributed by atoms with E-state index in [-0.39, 0.29) is 11.9 Å². The second-order valence-corrected chi connectivity index (χ2v) is 6.87. The van der Waals surface area contributed by atoms with Gasteiger partial charge < -0.3 is 11.1 Å². The Kier molecular flexibility index (Phi) is 3.25. The first-order chi connectivity index (χ1) is 9.38. The van der Waals surface area contributed by atoms with E-state index in [1.54, 1.807) is 13.8 Å². The number of hydrogen-bond donors (Lipinski definition) is 2. The zero-order valence-corrected chi connectivity index (χ0v) is 12.3. The van der Waals surface area contributed by atoms with E-state index in [1.807, 2.05) is 0 Å². The third kappa shape index (κ3) is 2.20. The van der Waals surface area contributed by atoms with Crippen molar-refractivity contribution < 1.29 is 9.59 Å². The molecule has 0 aromatic rings. The van der Waals surface area contributed by atoms with E-state index < -0.39 is 5.54 Å². The van der Waals surface area contributed by atoms with E-state index in [2.05, 4.69) is 10.2 Å². The van der Waals surface area contributed by atoms with Crippen molar-refractivity contribution in [3.63, 3.8) is 0 Å². The lowest BCUT2D eigenvalue weighted by molar-refractivity contribution is -0.130. The van der Waals surface area contributed by atoms with E-state index in [1.165, 1.54) is 17.7 Å². The van der Waals surface area contributed by atoms with E-state index in [0.717, 1.165) is 19.4 Å². The topological polar surface area (TPSA) is 78.7 Å². The SMILES string of the molecule is CC1(C)NC(=O)N(CCN2C3CCC2CC(N)C3)C1=O. The summed E-state index contributed by atoms with van der Waals surface area (Å²) in [6.07, 6.45) is 4.48. The molecular formula is C14H24N4O2. The molecule has 0 radical (unpaired) electrons. The first kappa shape index (κ1) is 13.8. The highest BCUT2D eigenvalue weighted by molar-refractivity contribution is 6.06. The highest BCUT2D eigenvalue weighted by Gasteiger charge is 2.45. The average molecular weight is 280 g/mol. The average Bonchev–Trinajstić information content (AvgIpc) is 2.70. The van der Waals surface area contributed by atoms with Gasteiger partial charge >= 0.3 is 6.03 Å². The molecule has 0 spiro atoms. The summed E-state index contributed by atoms with van der Waals surface area (Å²) < 4.78 is 0. The van der Waals surface area contributed by atoms with Gasteiger partial charge in [-0.05, 0) is 39.5 Å². The molecule has 0 aromatic heterocycles. The third-order valence-electron chi connectivity index (χ3n) is 4.95. The van der Waals surface area contributed by atoms with Crippen LogP contribution >= 0.6 is 0 Å². The number of amides is 3. The minimum Gasteiger partial charge on any atom is -0.328 e. The third-order valence-corrected chi connectivity index (χ3v) is 4.95. The molecule has 6 nitrogen and oxygen atoms in total. The Morgan fingerprint density at radius 1 is 1.20 bits per heavy atom. The minimum absolute atomic E-state index is 0.122. The van der Waals surface area contributed by atoms with E-state index in [4.69, 9.17) is 5.73 Å². The van der Waals surface area contributed by atoms with Gasteiger partial charge in [-0.3, -0.25) is 14.6 Å². The number of urea groups is 1. The molecular weight excluding hydrogens is 256 g/mol. The molecule has 0 aliphatic carbocycles. The number of imide groups is 1. The maximum absolute atomic E-state index is 12.1. The fraction of sp³-hybridized carbons (Fsp3) is 0.857. The summed E-state index contributed by atoms with van der Waals surface area (Å²) in [5.41, 5.74) is 5.30. The molecule has 20 heavy (non-hydrogen) atoms. The summed E-state index contributed by atoms with van der Waals surface area (Å²) >= 11 is 0. The number of fused-ring (bicyclic) bond motifs is 2. The Bertz CT molecular complexity index is 423. The van der Waals surface area contributed by atoms with Crippen LogP contribution in [0.5, 0.6) is 0 Å². The second kappa shape index (κ2) is 4.70. The first-order valence-electron chi connectivity index (χ1n) is 7.54. The van der Waals surface area contributed by atoms with E-state index >= 15 is 0 Å². The molecule has 3 saturated heterocycles. The fourth-order valence-corrected chi connectivity index (χ4v) is 3.92. The summed E-state index contributed by atoms with van der Waals surface area (Å²) in [7, 11) is 0. The van der Waals surface area contributed by atoms with Gasteiger partial charge in [0.25, 0.3) is 5.91 Å². The van der Waals surface area contributed by atoms with Crippen molar-refractivity contribution in [3.8, 4) is 0 Å². The van der Waals surface area contributed by atoms with Gasteiger partial charge in [0.15, 0.2) is 0 Å². The summed E-state index contributed by atoms with van der Waals surface area (Å²) in [4.78, 5) is 27.8. The van der Waals surface area contributed by atoms with Crippen LogP contribution in [0.25, 0.3) is 0 Å². The number of carbonyl (C=O) groups excluding carboxylic acids is 2. The fourth-order valence-electron chi connectivity index (χ4n) is 3.92. The monoisotopic (exact) mass is 280 g/mol. The molecule has 3 aliphatic rings. The number of rotatable bonds is 3. The number of nitrogens with zero attached hydrogens (tertiary/aromatic N) is 2. The number of carbonyl (C=O) groups is 2. The van der Waals surface area contributed by atoms with Gasteiger partial charge in [-0.2, -0.15) is 0 Å². The van der Waals surface area contributed by atoms with Crippen molar-refractivity contribution in [1.29, 1.82) is 0 Å². The van der Waals surface area contributed by atoms with Crippen LogP contribution in [0.1, 0.15) is 39.5 Å². The van der Waals surface area contributed by atoms with E-state index in [9.17, 15) is 9.59 Å². The molecule has 0 aromatic carbocycles. The number of nitrogens with two attached hydrogens (primary N) is 1. The Morgan fingerprint density at radius 3 is 2.30 bits per heavy atom. The molecule has 3 heterocycles. The number of piperidine rings is 1. The molecule has 2 bridgehead atoms. The lowest BCUT2D eigenvalue weighted by Gasteiger charge is -2.38. The lowest BCUT2D eigenvalue weighted by Crippen LogP contribution is -2.50. The molecule has 3 aliphatic heterocycles. The molecule has 3 amide bonds. The van der Waals surface area contributed by atoms with Crippen LogP contribution in [-0.4, -0.2) is 58.5 Å². The van der Waals surface area contributed by atoms with Crippen molar-refractivity contribution in [2.75, 3.05) is 13.1 Å². The summed E-state index contributed by atoms with van der Waals surface area (Å²) in [6.45, 7) is 4.75. The number of nitrogens with one attached hydrogen (secondary N) is 1. The minimum atomic E-state index is -0.764. The standard InChI is InChI=1S/C14H24N4O2/c1-14(2)12(19)18(13(20)16-14)6-5-17-10-3-4-11(17)8-9(15)7-10/h9-11H,3-8,15H2,1-2H3,(H,16,20). The quantitative estimate of drug-likeness (QED) is 0.727. The molecule has 6 heteroatoms. The second-order valence-electron chi connectivity index (χ2n) is 6.87. The molecule has 0 saturated carbocycles. The Labute approximate surface area is 119 Å². The van der Waals surface area contributed by atoms with Gasteiger partial charge in [-0.15, -0.1) is 0 Å². The van der Waals surface area contributed by atoms with Crippen LogP contribution in [0.15, 0.2) is 0 Å². The van der Waals surface area contributed by atoms with Gasteiger partial charge in [0.2, 0.25) is 0 Å². The normalized spacial score (nSPS) is 36.5. The highest BCUT2D eigenvalue weighted by Crippen LogP contribution is 2.34. The Balaban J connectivity index is 1.61. The van der Waals surface area contributed by atoms with Crippen LogP contribution in [0.4, 0.5) is 4.79 Å². The Morgan fingerprint density at radius 2 is 1.80 bits per heavy atom. The van der Waals surface area contributed by atoms with Crippen LogP contribution < -0.4 is 11.1 Å². The largest absolute Gasteiger partial charge is 0.328 e. The molecule has 3 N–H and O–H groups in total. The summed E-state index contributed by atoms with van der Waals surface area (Å²) in [5, 5.41) is 2.72. The summed E-state index contributed by atoms with van der Waals surface area (Å²) in [5.74, 6) is -0.122. The van der Waals surface area contributed by atoms with Crippen molar-refractivity contribution >= 4 is 11.9 Å². The van der Waals surface area contributed by atoms with Crippen LogP contribution in [0.3, 0.4) is 0 Å². The Hall–Kier alpha value is -1.14. The lowest BCUT2D eigenvalue weighted by atomic mass is 9.98. The van der Waals surface area contributed by atoms with Crippen molar-refractivity contribution in [2.45, 2.75) is 63.2 Å². The van der Waals surface area contributed by atoms with Crippen molar-refractivity contribution in [1.82, 2.24) is 15.1 Å². The van der Waals surface area contributed by atoms with E-state index in [0.29, 0.717) is 24.7 Å². The van der Waals surface area contributed by atoms with Gasteiger partial charge in [-0.1, -0.05) is 0 Å². The summed E-state index contributed by atoms with van der Waals surface area (Å²) in [6, 6.07) is 1.13. The van der Waals surface area contributed by atoms with Crippen molar-refractivity contribution in [2.24, 2.45) is 5.73 Å². The zero-order valence-electron chi connectivity index (χ0n) is 12.3. The van der Waals surface area contributed by atoms with Crippen LogP contribution in [0, 0.1) is 0 Å². The molecule has 112 valence electrons. The maximum atomic E-state index is 12.1. The predicted molar refractivity (Wildman–Crippen MR) is 75.0 cm³/mol. The van der Waals surface area contributed by atoms with Gasteiger partial charge in [0, 0.05) is 31.2 Å². The molecule has 3 rings (SSSR count). The van der Waals surface area contributed by atoms with Gasteiger partial charge in [0.05, 0.1) is 0 Å². The zero-order chi connectivity index (χ0) is 14.5. The van der Waals surface area contributed by atoms with Crippen LogP contribution in [0.2, 0.25) is 0 Å². The molecule has 3 fully saturated rings. The van der Waals surface area contributed by atoms with Gasteiger partial charge in [0.1, 0.15) is 5.54 Å². The number of hydrogen-bond acceptors (Lipinski definition) is 4. The maximum Gasteiger partial charge on any atom is 0.325 e. The smallest absolute Gasteiger partial charge is 0.325 e. The molecule has 2 unspecified atom stereocenters. The van der Waals surface area contributed by atoms with Crippen LogP contribution in [-0.2, 0) is 4.79 Å². The van der Waals surface area contributed by atoms with Gasteiger partial charge in [-0.25, -0.2) is 4.79 Å².